The van der Waals surface area contributed by atoms with Gasteiger partial charge in [-0.15, -0.1) is 0 Å². The minimum absolute atomic E-state index is 0.0625. The van der Waals surface area contributed by atoms with Crippen LogP contribution in [0.3, 0.4) is 0 Å². The quantitative estimate of drug-likeness (QED) is 0.524. The van der Waals surface area contributed by atoms with Gasteiger partial charge in [0.15, 0.2) is 0 Å². The lowest BCUT2D eigenvalue weighted by Crippen LogP contribution is -2.32. The molecule has 0 aromatic heterocycles. The van der Waals surface area contributed by atoms with E-state index >= 15 is 0 Å². The zero-order valence-electron chi connectivity index (χ0n) is 16.2. The first-order valence-electron chi connectivity index (χ1n) is 9.01. The van der Waals surface area contributed by atoms with E-state index in [1.165, 1.54) is 22.3 Å². The first kappa shape index (κ1) is 18.8. The Morgan fingerprint density at radius 3 is 2.50 bits per heavy atom. The van der Waals surface area contributed by atoms with Crippen LogP contribution in [0, 0.1) is 6.92 Å². The molecular weight excluding hydrogens is 308 g/mol. The smallest absolute Gasteiger partial charge is 0.126 e. The van der Waals surface area contributed by atoms with Gasteiger partial charge in [-0.1, -0.05) is 81.6 Å². The average Bonchev–Trinajstić information content (AvgIpc) is 2.97. The molecule has 0 atom stereocenters. The third-order valence-electron chi connectivity index (χ3n) is 4.59. The van der Waals surface area contributed by atoms with Gasteiger partial charge in [0.2, 0.25) is 0 Å². The molecule has 0 saturated heterocycles. The van der Waals surface area contributed by atoms with Crippen LogP contribution in [0.15, 0.2) is 42.5 Å². The lowest BCUT2D eigenvalue weighted by molar-refractivity contribution is 0.348. The predicted molar refractivity (Wildman–Crippen MR) is 110 cm³/mol. The SMILES string of the molecule is C=CCOc1c(C(C)(C)C)cc(C)c([SiH](C)C)c1CC1=CCC=C1. The second kappa shape index (κ2) is 7.56. The summed E-state index contributed by atoms with van der Waals surface area (Å²) in [7, 11) is -0.962. The van der Waals surface area contributed by atoms with E-state index in [0.29, 0.717) is 6.61 Å². The van der Waals surface area contributed by atoms with Gasteiger partial charge in [0, 0.05) is 12.0 Å². The fraction of sp³-hybridized carbons (Fsp3) is 0.455. The largest absolute Gasteiger partial charge is 0.489 e. The highest BCUT2D eigenvalue weighted by Gasteiger charge is 2.26. The number of benzene rings is 1. The number of ether oxygens (including phenoxy) is 1. The molecule has 0 N–H and O–H groups in total. The summed E-state index contributed by atoms with van der Waals surface area (Å²) in [5.41, 5.74) is 5.65. The fourth-order valence-electron chi connectivity index (χ4n) is 3.57. The highest BCUT2D eigenvalue weighted by molar-refractivity contribution is 6.71. The van der Waals surface area contributed by atoms with Gasteiger partial charge in [-0.05, 0) is 29.9 Å². The molecule has 2 heteroatoms. The minimum Gasteiger partial charge on any atom is -0.489 e. The first-order chi connectivity index (χ1) is 11.3. The number of rotatable bonds is 6. The van der Waals surface area contributed by atoms with E-state index in [-0.39, 0.29) is 5.41 Å². The summed E-state index contributed by atoms with van der Waals surface area (Å²) in [5, 5.41) is 1.57. The van der Waals surface area contributed by atoms with E-state index in [4.69, 9.17) is 4.74 Å². The highest BCUT2D eigenvalue weighted by Crippen LogP contribution is 2.36. The van der Waals surface area contributed by atoms with Crippen molar-refractivity contribution in [2.24, 2.45) is 0 Å². The van der Waals surface area contributed by atoms with Gasteiger partial charge in [0.1, 0.15) is 12.4 Å². The number of allylic oxidation sites excluding steroid dienone is 4. The van der Waals surface area contributed by atoms with Crippen molar-refractivity contribution in [2.45, 2.75) is 59.0 Å². The van der Waals surface area contributed by atoms with Crippen molar-refractivity contribution in [3.05, 3.63) is 59.2 Å². The monoisotopic (exact) mass is 340 g/mol. The Hall–Kier alpha value is -1.54. The van der Waals surface area contributed by atoms with Crippen molar-refractivity contribution in [1.29, 1.82) is 0 Å². The molecule has 0 spiro atoms. The molecule has 24 heavy (non-hydrogen) atoms. The molecular formula is C22H32OSi. The van der Waals surface area contributed by atoms with E-state index < -0.39 is 8.80 Å². The predicted octanol–water partition coefficient (Wildman–Crippen LogP) is 4.98. The van der Waals surface area contributed by atoms with Crippen molar-refractivity contribution in [1.82, 2.24) is 0 Å². The maximum atomic E-state index is 6.25. The topological polar surface area (TPSA) is 9.23 Å². The van der Waals surface area contributed by atoms with Crippen LogP contribution in [0.2, 0.25) is 13.1 Å². The van der Waals surface area contributed by atoms with Gasteiger partial charge in [0.25, 0.3) is 0 Å². The standard InChI is InChI=1S/C22H32OSi/c1-8-13-23-20-18(15-17-11-9-10-12-17)21(24(6)7)16(2)14-19(20)22(3,4)5/h8-9,11-12,14,24H,1,10,13,15H2,2-7H3. The molecule has 0 aliphatic heterocycles. The molecule has 1 aliphatic carbocycles. The second-order valence-corrected chi connectivity index (χ2v) is 10.9. The normalized spacial score (nSPS) is 14.2. The molecule has 2 rings (SSSR count). The third-order valence-corrected chi connectivity index (χ3v) is 6.55. The molecule has 0 radical (unpaired) electrons. The maximum absolute atomic E-state index is 6.25. The van der Waals surface area contributed by atoms with Gasteiger partial charge in [-0.25, -0.2) is 0 Å². The van der Waals surface area contributed by atoms with Crippen LogP contribution in [0.4, 0.5) is 0 Å². The summed E-state index contributed by atoms with van der Waals surface area (Å²) in [6.07, 6.45) is 10.7. The van der Waals surface area contributed by atoms with Crippen LogP contribution in [0.25, 0.3) is 0 Å². The summed E-state index contributed by atoms with van der Waals surface area (Å²) in [5.74, 6) is 1.10. The van der Waals surface area contributed by atoms with Gasteiger partial charge in [0.05, 0.1) is 8.80 Å². The minimum atomic E-state index is -0.962. The van der Waals surface area contributed by atoms with Crippen molar-refractivity contribution < 1.29 is 4.74 Å². The third kappa shape index (κ3) is 4.10. The Labute approximate surface area is 149 Å². The van der Waals surface area contributed by atoms with E-state index in [9.17, 15) is 0 Å². The van der Waals surface area contributed by atoms with E-state index in [1.54, 1.807) is 5.19 Å². The molecule has 1 aromatic carbocycles. The zero-order valence-corrected chi connectivity index (χ0v) is 17.4. The number of hydrogen-bond acceptors (Lipinski definition) is 1. The molecule has 1 aliphatic rings. The van der Waals surface area contributed by atoms with Crippen LogP contribution in [0.5, 0.6) is 5.75 Å². The van der Waals surface area contributed by atoms with Gasteiger partial charge >= 0.3 is 0 Å². The van der Waals surface area contributed by atoms with Crippen LogP contribution in [-0.4, -0.2) is 15.4 Å². The molecule has 0 fully saturated rings. The molecule has 0 heterocycles. The molecule has 1 nitrogen and oxygen atoms in total. The van der Waals surface area contributed by atoms with E-state index in [0.717, 1.165) is 18.6 Å². The van der Waals surface area contributed by atoms with Gasteiger partial charge in [-0.3, -0.25) is 0 Å². The molecule has 0 unspecified atom stereocenters. The first-order valence-corrected chi connectivity index (χ1v) is 11.9. The number of aryl methyl sites for hydroxylation is 1. The molecule has 0 bridgehead atoms. The molecule has 0 saturated carbocycles. The Bertz CT molecular complexity index is 672. The van der Waals surface area contributed by atoms with Gasteiger partial charge in [-0.2, -0.15) is 0 Å². The van der Waals surface area contributed by atoms with Crippen molar-refractivity contribution in [3.8, 4) is 5.75 Å². The van der Waals surface area contributed by atoms with Crippen molar-refractivity contribution in [2.75, 3.05) is 6.61 Å². The molecule has 130 valence electrons. The van der Waals surface area contributed by atoms with E-state index in [2.05, 4.69) is 71.7 Å². The van der Waals surface area contributed by atoms with Crippen LogP contribution in [-0.2, 0) is 11.8 Å². The van der Waals surface area contributed by atoms with Crippen LogP contribution < -0.4 is 9.92 Å². The summed E-state index contributed by atoms with van der Waals surface area (Å²) < 4.78 is 6.25. The Morgan fingerprint density at radius 1 is 1.29 bits per heavy atom. The average molecular weight is 341 g/mol. The zero-order chi connectivity index (χ0) is 17.9. The van der Waals surface area contributed by atoms with E-state index in [1.807, 2.05) is 6.08 Å². The Kier molecular flexibility index (Phi) is 5.92. The van der Waals surface area contributed by atoms with Crippen LogP contribution >= 0.6 is 0 Å². The summed E-state index contributed by atoms with van der Waals surface area (Å²) in [6, 6.07) is 2.36. The Morgan fingerprint density at radius 2 is 2.00 bits per heavy atom. The molecule has 1 aromatic rings. The van der Waals surface area contributed by atoms with Crippen LogP contribution in [0.1, 0.15) is 43.9 Å². The lowest BCUT2D eigenvalue weighted by atomic mass is 9.83. The van der Waals surface area contributed by atoms with Crippen molar-refractivity contribution in [3.63, 3.8) is 0 Å². The fourth-order valence-corrected chi connectivity index (χ4v) is 5.49. The van der Waals surface area contributed by atoms with Gasteiger partial charge < -0.3 is 4.74 Å². The molecule has 0 amide bonds. The lowest BCUT2D eigenvalue weighted by Gasteiger charge is -2.29. The van der Waals surface area contributed by atoms with Crippen molar-refractivity contribution >= 4 is 14.0 Å². The Balaban J connectivity index is 2.69. The summed E-state index contributed by atoms with van der Waals surface area (Å²) in [6.45, 7) is 18.3. The second-order valence-electron chi connectivity index (χ2n) is 8.06. The highest BCUT2D eigenvalue weighted by atomic mass is 28.3. The maximum Gasteiger partial charge on any atom is 0.126 e. The summed E-state index contributed by atoms with van der Waals surface area (Å²) in [4.78, 5) is 0. The number of hydrogen-bond donors (Lipinski definition) is 0. The summed E-state index contributed by atoms with van der Waals surface area (Å²) >= 11 is 0.